The van der Waals surface area contributed by atoms with E-state index in [2.05, 4.69) is 5.32 Å². The smallest absolute Gasteiger partial charge is 0.321 e. The lowest BCUT2D eigenvalue weighted by Crippen LogP contribution is -2.43. The Balaban J connectivity index is 2.02. The van der Waals surface area contributed by atoms with Crippen LogP contribution in [0.1, 0.15) is 18.4 Å². The third kappa shape index (κ3) is 3.44. The monoisotopic (exact) mass is 266 g/mol. The molecule has 1 atom stereocenters. The zero-order valence-electron chi connectivity index (χ0n) is 11.0. The van der Waals surface area contributed by atoms with E-state index in [0.29, 0.717) is 13.1 Å². The first-order valence-corrected chi connectivity index (χ1v) is 6.53. The van der Waals surface area contributed by atoms with Crippen LogP contribution in [-0.4, -0.2) is 35.7 Å². The molecule has 1 saturated heterocycles. The molecule has 19 heavy (non-hydrogen) atoms. The van der Waals surface area contributed by atoms with Crippen LogP contribution in [0.4, 0.5) is 14.9 Å². The minimum atomic E-state index is -0.435. The summed E-state index contributed by atoms with van der Waals surface area (Å²) in [6.45, 7) is 3.10. The van der Waals surface area contributed by atoms with Crippen LogP contribution in [0.2, 0.25) is 0 Å². The van der Waals surface area contributed by atoms with E-state index in [1.165, 1.54) is 6.07 Å². The number of likely N-dealkylation sites (tertiary alicyclic amines) is 1. The van der Waals surface area contributed by atoms with Gasteiger partial charge in [0, 0.05) is 19.7 Å². The van der Waals surface area contributed by atoms with Gasteiger partial charge in [-0.25, -0.2) is 9.18 Å². The average Bonchev–Trinajstić information content (AvgIpc) is 2.43. The topological polar surface area (TPSA) is 52.6 Å². The first-order valence-electron chi connectivity index (χ1n) is 6.53. The molecule has 0 aromatic heterocycles. The quantitative estimate of drug-likeness (QED) is 0.863. The summed E-state index contributed by atoms with van der Waals surface area (Å²) in [5.41, 5.74) is 1.10. The molecule has 0 radical (unpaired) electrons. The number of carbonyl (C=O) groups excluding carboxylic acids is 1. The fourth-order valence-electron chi connectivity index (χ4n) is 2.33. The van der Waals surface area contributed by atoms with Crippen LogP contribution in [0, 0.1) is 18.7 Å². The van der Waals surface area contributed by atoms with Crippen molar-refractivity contribution in [1.29, 1.82) is 0 Å². The van der Waals surface area contributed by atoms with Crippen LogP contribution in [0.3, 0.4) is 0 Å². The second-order valence-electron chi connectivity index (χ2n) is 5.05. The van der Waals surface area contributed by atoms with E-state index in [1.54, 1.807) is 17.0 Å². The highest BCUT2D eigenvalue weighted by Gasteiger charge is 2.23. The van der Waals surface area contributed by atoms with Crippen LogP contribution in [0.25, 0.3) is 0 Å². The van der Waals surface area contributed by atoms with Crippen LogP contribution < -0.4 is 5.32 Å². The van der Waals surface area contributed by atoms with Gasteiger partial charge < -0.3 is 15.3 Å². The number of aryl methyl sites for hydroxylation is 1. The van der Waals surface area contributed by atoms with Gasteiger partial charge in [-0.05, 0) is 43.4 Å². The molecule has 1 aromatic carbocycles. The minimum Gasteiger partial charge on any atom is -0.396 e. The highest BCUT2D eigenvalue weighted by molar-refractivity contribution is 5.89. The van der Waals surface area contributed by atoms with Crippen molar-refractivity contribution in [3.8, 4) is 0 Å². The summed E-state index contributed by atoms with van der Waals surface area (Å²) in [5, 5.41) is 11.7. The van der Waals surface area contributed by atoms with Crippen molar-refractivity contribution in [1.82, 2.24) is 4.90 Å². The Bertz CT molecular complexity index is 465. The lowest BCUT2D eigenvalue weighted by atomic mass is 9.99. The Kier molecular flexibility index (Phi) is 4.37. The summed E-state index contributed by atoms with van der Waals surface area (Å²) < 4.78 is 13.6. The van der Waals surface area contributed by atoms with E-state index < -0.39 is 5.82 Å². The van der Waals surface area contributed by atoms with Crippen molar-refractivity contribution in [2.75, 3.05) is 25.0 Å². The highest BCUT2D eigenvalue weighted by Crippen LogP contribution is 2.19. The number of nitrogens with zero attached hydrogens (tertiary/aromatic N) is 1. The number of hydrogen-bond acceptors (Lipinski definition) is 2. The number of hydrogen-bond donors (Lipinski definition) is 2. The molecule has 0 spiro atoms. The second kappa shape index (κ2) is 6.02. The number of rotatable bonds is 2. The van der Waals surface area contributed by atoms with Gasteiger partial charge >= 0.3 is 6.03 Å². The van der Waals surface area contributed by atoms with Crippen molar-refractivity contribution in [3.63, 3.8) is 0 Å². The molecule has 104 valence electrons. The summed E-state index contributed by atoms with van der Waals surface area (Å²) >= 11 is 0. The summed E-state index contributed by atoms with van der Waals surface area (Å²) in [4.78, 5) is 13.7. The molecule has 2 N–H and O–H groups in total. The normalized spacial score (nSPS) is 19.3. The second-order valence-corrected chi connectivity index (χ2v) is 5.05. The van der Waals surface area contributed by atoms with Gasteiger partial charge in [0.05, 0.1) is 5.69 Å². The molecule has 0 aliphatic carbocycles. The lowest BCUT2D eigenvalue weighted by molar-refractivity contribution is 0.136. The number of aliphatic hydroxyl groups excluding tert-OH is 1. The molecule has 0 bridgehead atoms. The number of benzene rings is 1. The van der Waals surface area contributed by atoms with Gasteiger partial charge in [0.2, 0.25) is 0 Å². The zero-order chi connectivity index (χ0) is 13.8. The number of anilines is 1. The van der Waals surface area contributed by atoms with Crippen molar-refractivity contribution in [2.24, 2.45) is 5.92 Å². The summed E-state index contributed by atoms with van der Waals surface area (Å²) in [7, 11) is 0. The molecule has 1 heterocycles. The largest absolute Gasteiger partial charge is 0.396 e. The third-order valence-electron chi connectivity index (χ3n) is 3.43. The van der Waals surface area contributed by atoms with Gasteiger partial charge in [-0.2, -0.15) is 0 Å². The summed E-state index contributed by atoms with van der Waals surface area (Å²) in [6, 6.07) is 4.31. The Morgan fingerprint density at radius 3 is 3.11 bits per heavy atom. The molecule has 2 amide bonds. The van der Waals surface area contributed by atoms with Gasteiger partial charge in [0.25, 0.3) is 0 Å². The predicted octanol–water partition coefficient (Wildman–Crippen LogP) is 2.37. The molecule has 5 heteroatoms. The van der Waals surface area contributed by atoms with Crippen LogP contribution >= 0.6 is 0 Å². The van der Waals surface area contributed by atoms with Crippen LogP contribution in [-0.2, 0) is 0 Å². The van der Waals surface area contributed by atoms with Crippen LogP contribution in [0.5, 0.6) is 0 Å². The molecule has 1 fully saturated rings. The van der Waals surface area contributed by atoms with Gasteiger partial charge in [-0.1, -0.05) is 6.07 Å². The number of aliphatic hydroxyl groups is 1. The van der Waals surface area contributed by atoms with Gasteiger partial charge in [-0.15, -0.1) is 0 Å². The van der Waals surface area contributed by atoms with Crippen molar-refractivity contribution >= 4 is 11.7 Å². The van der Waals surface area contributed by atoms with Gasteiger partial charge in [-0.3, -0.25) is 0 Å². The highest BCUT2D eigenvalue weighted by atomic mass is 19.1. The number of nitrogens with one attached hydrogen (secondary N) is 1. The average molecular weight is 266 g/mol. The molecular formula is C14H19FN2O2. The number of amides is 2. The van der Waals surface area contributed by atoms with Gasteiger partial charge in [0.15, 0.2) is 0 Å². The van der Waals surface area contributed by atoms with Crippen molar-refractivity contribution < 1.29 is 14.3 Å². The number of piperidine rings is 1. The molecule has 1 aromatic rings. The Morgan fingerprint density at radius 2 is 2.37 bits per heavy atom. The molecular weight excluding hydrogens is 247 g/mol. The maximum Gasteiger partial charge on any atom is 0.321 e. The first kappa shape index (κ1) is 13.8. The van der Waals surface area contributed by atoms with E-state index in [4.69, 9.17) is 5.11 Å². The number of urea groups is 1. The first-order chi connectivity index (χ1) is 9.10. The molecule has 1 aliphatic rings. The SMILES string of the molecule is Cc1ccc(F)c(NC(=O)N2CCCC(CO)C2)c1. The van der Waals surface area contributed by atoms with Gasteiger partial charge in [0.1, 0.15) is 5.82 Å². The number of halogens is 1. The molecule has 2 rings (SSSR count). The lowest BCUT2D eigenvalue weighted by Gasteiger charge is -2.31. The Labute approximate surface area is 112 Å². The minimum absolute atomic E-state index is 0.0859. The number of carbonyl (C=O) groups is 1. The Morgan fingerprint density at radius 1 is 1.58 bits per heavy atom. The van der Waals surface area contributed by atoms with E-state index >= 15 is 0 Å². The molecule has 0 saturated carbocycles. The van der Waals surface area contributed by atoms with E-state index in [-0.39, 0.29) is 24.2 Å². The van der Waals surface area contributed by atoms with E-state index in [9.17, 15) is 9.18 Å². The standard InChI is InChI=1S/C14H19FN2O2/c1-10-4-5-12(15)13(7-10)16-14(19)17-6-2-3-11(8-17)9-18/h4-5,7,11,18H,2-3,6,8-9H2,1H3,(H,16,19). The zero-order valence-corrected chi connectivity index (χ0v) is 11.0. The van der Waals surface area contributed by atoms with E-state index in [1.807, 2.05) is 6.92 Å². The fraction of sp³-hybridized carbons (Fsp3) is 0.500. The molecule has 1 aliphatic heterocycles. The maximum absolute atomic E-state index is 13.6. The Hall–Kier alpha value is -1.62. The molecule has 4 nitrogen and oxygen atoms in total. The summed E-state index contributed by atoms with van der Waals surface area (Å²) in [6.07, 6.45) is 1.80. The van der Waals surface area contributed by atoms with Crippen molar-refractivity contribution in [3.05, 3.63) is 29.6 Å². The maximum atomic E-state index is 13.6. The molecule has 1 unspecified atom stereocenters. The van der Waals surface area contributed by atoms with E-state index in [0.717, 1.165) is 18.4 Å². The van der Waals surface area contributed by atoms with Crippen LogP contribution in [0.15, 0.2) is 18.2 Å². The predicted molar refractivity (Wildman–Crippen MR) is 71.5 cm³/mol. The fourth-order valence-corrected chi connectivity index (χ4v) is 2.33. The van der Waals surface area contributed by atoms with Crippen molar-refractivity contribution in [2.45, 2.75) is 19.8 Å². The summed E-state index contributed by atoms with van der Waals surface area (Å²) in [5.74, 6) is -0.309. The third-order valence-corrected chi connectivity index (χ3v) is 3.43.